The molecule has 2 rings (SSSR count). The number of hydrazone groups is 1. The molecule has 0 unspecified atom stereocenters. The first-order valence-corrected chi connectivity index (χ1v) is 8.59. The van der Waals surface area contributed by atoms with Gasteiger partial charge in [-0.15, -0.1) is 0 Å². The van der Waals surface area contributed by atoms with Crippen LogP contribution in [-0.2, 0) is 0 Å². The van der Waals surface area contributed by atoms with Gasteiger partial charge in [0.15, 0.2) is 0 Å². The summed E-state index contributed by atoms with van der Waals surface area (Å²) >= 11 is 6.24. The Morgan fingerprint density at radius 2 is 1.89 bits per heavy atom. The van der Waals surface area contributed by atoms with Gasteiger partial charge in [0.1, 0.15) is 0 Å². The maximum absolute atomic E-state index is 5.91. The molecule has 0 N–H and O–H groups in total. The Morgan fingerprint density at radius 3 is 2.42 bits per heavy atom. The molecule has 0 radical (unpaired) electrons. The van der Waals surface area contributed by atoms with Gasteiger partial charge in [0.05, 0.1) is 0 Å². The normalized spacial score (nSPS) is 18.7. The van der Waals surface area contributed by atoms with Crippen LogP contribution in [0.3, 0.4) is 0 Å². The monoisotopic (exact) mass is 343 g/mol. The topological polar surface area (TPSA) is 28.0 Å². The Kier molecular flexibility index (Phi) is 4.34. The fourth-order valence-electron chi connectivity index (χ4n) is 1.65. The molecule has 0 aliphatic carbocycles. The van der Waals surface area contributed by atoms with Gasteiger partial charge in [-0.3, -0.25) is 0 Å². The van der Waals surface area contributed by atoms with Crippen LogP contribution in [0.2, 0.25) is 10.3 Å². The molecule has 0 saturated heterocycles. The SMILES string of the molecule is CN1N=C(c2ccc(Cl)cc2)C[Se]C1=NC(C)(C)C. The summed E-state index contributed by atoms with van der Waals surface area (Å²) in [5.41, 5.74) is 2.22. The average molecular weight is 343 g/mol. The van der Waals surface area contributed by atoms with Gasteiger partial charge in [-0.25, -0.2) is 0 Å². The summed E-state index contributed by atoms with van der Waals surface area (Å²) in [5.74, 6) is 0. The minimum absolute atomic E-state index is 0.0430. The first-order valence-electron chi connectivity index (χ1n) is 6.15. The van der Waals surface area contributed by atoms with Crippen molar-refractivity contribution in [1.82, 2.24) is 5.01 Å². The number of benzene rings is 1. The summed E-state index contributed by atoms with van der Waals surface area (Å²) in [6.07, 6.45) is 0. The second kappa shape index (κ2) is 5.66. The molecule has 0 fully saturated rings. The van der Waals surface area contributed by atoms with Gasteiger partial charge in [-0.2, -0.15) is 0 Å². The van der Waals surface area contributed by atoms with E-state index >= 15 is 0 Å². The molecule has 1 aromatic rings. The molecule has 0 atom stereocenters. The zero-order valence-electron chi connectivity index (χ0n) is 11.6. The van der Waals surface area contributed by atoms with Gasteiger partial charge in [0, 0.05) is 0 Å². The van der Waals surface area contributed by atoms with Crippen molar-refractivity contribution < 1.29 is 0 Å². The van der Waals surface area contributed by atoms with Crippen LogP contribution in [0.1, 0.15) is 26.3 Å². The Balaban J connectivity index is 2.22. The van der Waals surface area contributed by atoms with Crippen LogP contribution < -0.4 is 0 Å². The number of hydrogen-bond donors (Lipinski definition) is 0. The Hall–Kier alpha value is -0.831. The van der Waals surface area contributed by atoms with E-state index in [4.69, 9.17) is 16.6 Å². The van der Waals surface area contributed by atoms with E-state index < -0.39 is 0 Å². The molecule has 102 valence electrons. The molecule has 0 amide bonds. The predicted octanol–water partition coefficient (Wildman–Crippen LogP) is 3.27. The Bertz CT molecular complexity index is 514. The third-order valence-corrected chi connectivity index (χ3v) is 4.91. The number of amidine groups is 1. The van der Waals surface area contributed by atoms with E-state index in [0.29, 0.717) is 15.0 Å². The second-order valence-corrected chi connectivity index (χ2v) is 7.84. The first kappa shape index (κ1) is 14.6. The number of aliphatic imine (C=N–C) groups is 1. The van der Waals surface area contributed by atoms with Crippen molar-refractivity contribution in [2.45, 2.75) is 31.6 Å². The van der Waals surface area contributed by atoms with Crippen molar-refractivity contribution in [3.8, 4) is 0 Å². The third kappa shape index (κ3) is 4.07. The van der Waals surface area contributed by atoms with Gasteiger partial charge in [-0.05, 0) is 0 Å². The Labute approximate surface area is 125 Å². The molecule has 5 heteroatoms. The van der Waals surface area contributed by atoms with Gasteiger partial charge in [0.2, 0.25) is 0 Å². The molecule has 0 aromatic heterocycles. The van der Waals surface area contributed by atoms with Crippen molar-refractivity contribution in [2.75, 3.05) is 7.05 Å². The van der Waals surface area contributed by atoms with Crippen molar-refractivity contribution >= 4 is 37.0 Å². The van der Waals surface area contributed by atoms with Gasteiger partial charge in [-0.1, -0.05) is 0 Å². The third-order valence-electron chi connectivity index (χ3n) is 2.49. The van der Waals surface area contributed by atoms with Crippen LogP contribution in [-0.4, -0.2) is 43.0 Å². The van der Waals surface area contributed by atoms with E-state index in [1.54, 1.807) is 0 Å². The van der Waals surface area contributed by atoms with Crippen LogP contribution in [0.5, 0.6) is 0 Å². The number of halogens is 1. The standard InChI is InChI=1S/C14H18ClN3Se/c1-14(2,3)16-13-18(4)17-12(9-19-13)10-5-7-11(15)8-6-10/h5-8H,9H2,1-4H3. The molecule has 0 bridgehead atoms. The fraction of sp³-hybridized carbons (Fsp3) is 0.429. The van der Waals surface area contributed by atoms with Crippen LogP contribution >= 0.6 is 11.6 Å². The number of rotatable bonds is 1. The number of hydrogen-bond acceptors (Lipinski definition) is 2. The van der Waals surface area contributed by atoms with Crippen molar-refractivity contribution in [2.24, 2.45) is 10.1 Å². The fourth-order valence-corrected chi connectivity index (χ4v) is 4.00. The maximum atomic E-state index is 5.91. The molecule has 3 nitrogen and oxygen atoms in total. The summed E-state index contributed by atoms with van der Waals surface area (Å²) < 4.78 is 1.11. The van der Waals surface area contributed by atoms with Crippen molar-refractivity contribution in [3.05, 3.63) is 34.9 Å². The molecule has 0 spiro atoms. The zero-order valence-corrected chi connectivity index (χ0v) is 14.1. The summed E-state index contributed by atoms with van der Waals surface area (Å²) in [5, 5.41) is 8.29. The summed E-state index contributed by atoms with van der Waals surface area (Å²) in [7, 11) is 1.97. The second-order valence-electron chi connectivity index (χ2n) is 5.43. The quantitative estimate of drug-likeness (QED) is 0.720. The van der Waals surface area contributed by atoms with Crippen LogP contribution in [0, 0.1) is 0 Å². The molecular formula is C14H18ClN3Se. The molecule has 1 aromatic carbocycles. The van der Waals surface area contributed by atoms with E-state index in [1.165, 1.54) is 0 Å². The molecular weight excluding hydrogens is 325 g/mol. The average Bonchev–Trinajstić information content (AvgIpc) is 2.31. The van der Waals surface area contributed by atoms with Crippen molar-refractivity contribution in [3.63, 3.8) is 0 Å². The van der Waals surface area contributed by atoms with E-state index in [0.717, 1.165) is 26.4 Å². The molecule has 1 aliphatic heterocycles. The van der Waals surface area contributed by atoms with E-state index in [1.807, 2.05) is 36.3 Å². The molecule has 19 heavy (non-hydrogen) atoms. The van der Waals surface area contributed by atoms with Gasteiger partial charge >= 0.3 is 126 Å². The van der Waals surface area contributed by atoms with Crippen LogP contribution in [0.25, 0.3) is 0 Å². The number of nitrogens with zero attached hydrogens (tertiary/aromatic N) is 3. The minimum atomic E-state index is -0.0430. The first-order chi connectivity index (χ1) is 8.85. The summed E-state index contributed by atoms with van der Waals surface area (Å²) in [4.78, 5) is 4.73. The molecule has 1 aliphatic rings. The molecule has 1 heterocycles. The van der Waals surface area contributed by atoms with Gasteiger partial charge < -0.3 is 0 Å². The van der Waals surface area contributed by atoms with Gasteiger partial charge in [0.25, 0.3) is 0 Å². The summed E-state index contributed by atoms with van der Waals surface area (Å²) in [6, 6.07) is 7.87. The Morgan fingerprint density at radius 1 is 1.26 bits per heavy atom. The van der Waals surface area contributed by atoms with E-state index in [9.17, 15) is 0 Å². The van der Waals surface area contributed by atoms with E-state index in [2.05, 4.69) is 25.9 Å². The van der Waals surface area contributed by atoms with Crippen LogP contribution in [0.15, 0.2) is 34.4 Å². The summed E-state index contributed by atoms with van der Waals surface area (Å²) in [6.45, 7) is 6.34. The van der Waals surface area contributed by atoms with Crippen LogP contribution in [0.4, 0.5) is 0 Å². The zero-order chi connectivity index (χ0) is 14.0. The molecule has 0 saturated carbocycles. The van der Waals surface area contributed by atoms with E-state index in [-0.39, 0.29) is 5.54 Å². The van der Waals surface area contributed by atoms with Crippen molar-refractivity contribution in [1.29, 1.82) is 0 Å². The predicted molar refractivity (Wildman–Crippen MR) is 83.5 cm³/mol.